The molecule has 3 aliphatic rings. The molecular formula is C28H30N2O5. The highest BCUT2D eigenvalue weighted by Crippen LogP contribution is 2.45. The SMILES string of the molecule is COC(=O)C1CCN(C(=O)CC2(c3ccc(-c4ccccc4)cc3)CC(=O)N(C3CC3)C2=O)CC1. The molecule has 35 heavy (non-hydrogen) atoms. The average Bonchev–Trinajstić information content (AvgIpc) is 3.69. The van der Waals surface area contributed by atoms with Crippen LogP contribution in [-0.4, -0.2) is 59.7 Å². The predicted molar refractivity (Wildman–Crippen MR) is 129 cm³/mol. The lowest BCUT2D eigenvalue weighted by molar-refractivity contribution is -0.149. The van der Waals surface area contributed by atoms with Crippen LogP contribution in [0.3, 0.4) is 0 Å². The minimum absolute atomic E-state index is 0.0113. The molecule has 182 valence electrons. The number of amides is 3. The molecule has 0 N–H and O–H groups in total. The average molecular weight is 475 g/mol. The normalized spacial score (nSPS) is 23.0. The maximum Gasteiger partial charge on any atom is 0.308 e. The van der Waals surface area contributed by atoms with E-state index >= 15 is 0 Å². The Morgan fingerprint density at radius 2 is 1.54 bits per heavy atom. The smallest absolute Gasteiger partial charge is 0.308 e. The Hall–Kier alpha value is -3.48. The number of hydrogen-bond donors (Lipinski definition) is 0. The molecule has 3 amide bonds. The van der Waals surface area contributed by atoms with Gasteiger partial charge in [0.05, 0.1) is 18.4 Å². The molecule has 2 aromatic carbocycles. The summed E-state index contributed by atoms with van der Waals surface area (Å²) in [7, 11) is 1.38. The lowest BCUT2D eigenvalue weighted by Gasteiger charge is -2.34. The molecule has 0 aromatic heterocycles. The van der Waals surface area contributed by atoms with E-state index in [0.717, 1.165) is 24.0 Å². The third-order valence-corrected chi connectivity index (χ3v) is 7.64. The van der Waals surface area contributed by atoms with Gasteiger partial charge in [0.2, 0.25) is 17.7 Å². The Bertz CT molecular complexity index is 1130. The Kier molecular flexibility index (Phi) is 6.17. The van der Waals surface area contributed by atoms with Crippen LogP contribution in [-0.2, 0) is 29.3 Å². The number of ether oxygens (including phenoxy) is 1. The molecule has 3 fully saturated rings. The maximum atomic E-state index is 13.7. The number of likely N-dealkylation sites (tertiary alicyclic amines) is 2. The van der Waals surface area contributed by atoms with Crippen molar-refractivity contribution >= 4 is 23.7 Å². The summed E-state index contributed by atoms with van der Waals surface area (Å²) in [5.41, 5.74) is 1.59. The standard InChI is InChI=1S/C28H30N2O5/c1-35-26(33)21-13-15-29(16-14-21)24(31)17-28(18-25(32)30(27(28)34)23-11-12-23)22-9-7-20(8-10-22)19-5-3-2-4-6-19/h2-10,21,23H,11-18H2,1H3. The fourth-order valence-electron chi connectivity index (χ4n) is 5.44. The molecule has 1 unspecified atom stereocenters. The summed E-state index contributed by atoms with van der Waals surface area (Å²) in [6, 6.07) is 17.6. The van der Waals surface area contributed by atoms with Crippen LogP contribution in [0.25, 0.3) is 11.1 Å². The van der Waals surface area contributed by atoms with Crippen LogP contribution in [0.1, 0.15) is 44.1 Å². The van der Waals surface area contributed by atoms with Crippen molar-refractivity contribution in [1.29, 1.82) is 0 Å². The summed E-state index contributed by atoms with van der Waals surface area (Å²) in [4.78, 5) is 55.2. The molecule has 5 rings (SSSR count). The van der Waals surface area contributed by atoms with E-state index in [-0.39, 0.29) is 48.5 Å². The second-order valence-electron chi connectivity index (χ2n) is 9.86. The quantitative estimate of drug-likeness (QED) is 0.474. The van der Waals surface area contributed by atoms with Gasteiger partial charge in [0.25, 0.3) is 0 Å². The zero-order valence-corrected chi connectivity index (χ0v) is 19.9. The number of esters is 1. The molecule has 2 saturated heterocycles. The van der Waals surface area contributed by atoms with Crippen LogP contribution < -0.4 is 0 Å². The van der Waals surface area contributed by atoms with E-state index in [0.29, 0.717) is 31.5 Å². The van der Waals surface area contributed by atoms with Gasteiger partial charge >= 0.3 is 5.97 Å². The maximum absolute atomic E-state index is 13.7. The number of rotatable bonds is 6. The summed E-state index contributed by atoms with van der Waals surface area (Å²) >= 11 is 0. The molecule has 2 heterocycles. The predicted octanol–water partition coefficient (Wildman–Crippen LogP) is 3.31. The van der Waals surface area contributed by atoms with Gasteiger partial charge in [-0.1, -0.05) is 54.6 Å². The van der Waals surface area contributed by atoms with E-state index in [1.54, 1.807) is 4.90 Å². The number of carbonyl (C=O) groups is 4. The van der Waals surface area contributed by atoms with Gasteiger partial charge in [0.15, 0.2) is 0 Å². The lowest BCUT2D eigenvalue weighted by atomic mass is 9.75. The molecule has 2 aromatic rings. The van der Waals surface area contributed by atoms with E-state index in [9.17, 15) is 19.2 Å². The topological polar surface area (TPSA) is 84.0 Å². The lowest BCUT2D eigenvalue weighted by Crippen LogP contribution is -2.46. The van der Waals surface area contributed by atoms with Crippen LogP contribution in [0.4, 0.5) is 0 Å². The molecule has 1 aliphatic carbocycles. The summed E-state index contributed by atoms with van der Waals surface area (Å²) in [6.45, 7) is 0.881. The molecule has 1 atom stereocenters. The molecule has 0 spiro atoms. The van der Waals surface area contributed by atoms with Gasteiger partial charge in [-0.2, -0.15) is 0 Å². The Labute approximate surface area is 205 Å². The third kappa shape index (κ3) is 4.35. The largest absolute Gasteiger partial charge is 0.469 e. The molecule has 2 aliphatic heterocycles. The van der Waals surface area contributed by atoms with E-state index in [1.165, 1.54) is 12.0 Å². The van der Waals surface area contributed by atoms with Gasteiger partial charge in [0.1, 0.15) is 0 Å². The van der Waals surface area contributed by atoms with E-state index in [2.05, 4.69) is 0 Å². The van der Waals surface area contributed by atoms with Crippen molar-refractivity contribution in [2.24, 2.45) is 5.92 Å². The van der Waals surface area contributed by atoms with Gasteiger partial charge in [-0.25, -0.2) is 0 Å². The molecule has 0 bridgehead atoms. The second kappa shape index (κ2) is 9.29. The number of nitrogens with zero attached hydrogens (tertiary/aromatic N) is 2. The zero-order chi connectivity index (χ0) is 24.6. The minimum atomic E-state index is -1.19. The van der Waals surface area contributed by atoms with Gasteiger partial charge in [0, 0.05) is 32.0 Å². The highest BCUT2D eigenvalue weighted by atomic mass is 16.5. The first-order valence-electron chi connectivity index (χ1n) is 12.3. The van der Waals surface area contributed by atoms with Crippen molar-refractivity contribution < 1.29 is 23.9 Å². The third-order valence-electron chi connectivity index (χ3n) is 7.64. The van der Waals surface area contributed by atoms with E-state index < -0.39 is 5.41 Å². The Morgan fingerprint density at radius 3 is 2.14 bits per heavy atom. The monoisotopic (exact) mass is 474 g/mol. The van der Waals surface area contributed by atoms with Crippen molar-refractivity contribution in [3.63, 3.8) is 0 Å². The van der Waals surface area contributed by atoms with Crippen molar-refractivity contribution in [2.75, 3.05) is 20.2 Å². The number of carbonyl (C=O) groups excluding carboxylic acids is 4. The zero-order valence-electron chi connectivity index (χ0n) is 19.9. The molecule has 0 radical (unpaired) electrons. The highest BCUT2D eigenvalue weighted by Gasteiger charge is 2.57. The van der Waals surface area contributed by atoms with Crippen molar-refractivity contribution in [2.45, 2.75) is 50.0 Å². The summed E-state index contributed by atoms with van der Waals surface area (Å²) in [6.07, 6.45) is 2.70. The fraction of sp³-hybridized carbons (Fsp3) is 0.429. The second-order valence-corrected chi connectivity index (χ2v) is 9.86. The number of hydrogen-bond acceptors (Lipinski definition) is 5. The first-order valence-corrected chi connectivity index (χ1v) is 12.3. The number of benzene rings is 2. The molecule has 7 heteroatoms. The van der Waals surface area contributed by atoms with Crippen LogP contribution in [0, 0.1) is 5.92 Å². The van der Waals surface area contributed by atoms with Crippen LogP contribution in [0.15, 0.2) is 54.6 Å². The first-order chi connectivity index (χ1) is 16.9. The Morgan fingerprint density at radius 1 is 0.914 bits per heavy atom. The molecule has 1 saturated carbocycles. The number of piperidine rings is 1. The van der Waals surface area contributed by atoms with Crippen molar-refractivity contribution in [1.82, 2.24) is 9.80 Å². The van der Waals surface area contributed by atoms with Gasteiger partial charge in [-0.15, -0.1) is 0 Å². The van der Waals surface area contributed by atoms with E-state index in [4.69, 9.17) is 4.74 Å². The minimum Gasteiger partial charge on any atom is -0.469 e. The van der Waals surface area contributed by atoms with Crippen molar-refractivity contribution in [3.05, 3.63) is 60.2 Å². The van der Waals surface area contributed by atoms with Crippen LogP contribution >= 0.6 is 0 Å². The van der Waals surface area contributed by atoms with Gasteiger partial charge in [-0.3, -0.25) is 24.1 Å². The number of methoxy groups -OCH3 is 1. The molecule has 7 nitrogen and oxygen atoms in total. The van der Waals surface area contributed by atoms with Gasteiger partial charge < -0.3 is 9.64 Å². The van der Waals surface area contributed by atoms with Crippen LogP contribution in [0.5, 0.6) is 0 Å². The van der Waals surface area contributed by atoms with Gasteiger partial charge in [-0.05, 0) is 42.4 Å². The Balaban J connectivity index is 1.41. The van der Waals surface area contributed by atoms with Crippen molar-refractivity contribution in [3.8, 4) is 11.1 Å². The number of imide groups is 1. The highest BCUT2D eigenvalue weighted by molar-refractivity contribution is 6.11. The first kappa shape index (κ1) is 23.3. The fourth-order valence-corrected chi connectivity index (χ4v) is 5.44. The van der Waals surface area contributed by atoms with E-state index in [1.807, 2.05) is 54.6 Å². The molecular weight excluding hydrogens is 444 g/mol. The summed E-state index contributed by atoms with van der Waals surface area (Å²) < 4.78 is 4.84. The summed E-state index contributed by atoms with van der Waals surface area (Å²) in [5.74, 6) is -1.05. The summed E-state index contributed by atoms with van der Waals surface area (Å²) in [5, 5.41) is 0. The van der Waals surface area contributed by atoms with Crippen LogP contribution in [0.2, 0.25) is 0 Å².